The summed E-state index contributed by atoms with van der Waals surface area (Å²) in [6.45, 7) is 2.00. The summed E-state index contributed by atoms with van der Waals surface area (Å²) in [7, 11) is 0. The van der Waals surface area contributed by atoms with Crippen LogP contribution in [0, 0.1) is 11.8 Å². The molecular weight excluding hydrogens is 172 g/mol. The fraction of sp³-hybridized carbons (Fsp3) is 0.308. The van der Waals surface area contributed by atoms with E-state index in [0.29, 0.717) is 6.42 Å². The van der Waals surface area contributed by atoms with Crippen LogP contribution in [-0.4, -0.2) is 5.78 Å². The molecule has 0 N–H and O–H groups in total. The molecule has 0 aliphatic rings. The highest BCUT2D eigenvalue weighted by Crippen LogP contribution is 1.99. The number of carbonyl (C=O) groups excluding carboxylic acids is 1. The van der Waals surface area contributed by atoms with Crippen LogP contribution in [0.2, 0.25) is 0 Å². The van der Waals surface area contributed by atoms with Crippen molar-refractivity contribution in [2.24, 2.45) is 0 Å². The van der Waals surface area contributed by atoms with Crippen LogP contribution in [0.15, 0.2) is 30.2 Å². The molecule has 0 aliphatic heterocycles. The van der Waals surface area contributed by atoms with Crippen molar-refractivity contribution in [3.05, 3.63) is 35.8 Å². The van der Waals surface area contributed by atoms with E-state index in [1.807, 2.05) is 6.92 Å². The predicted molar refractivity (Wildman–Crippen MR) is 58.1 cm³/mol. The normalized spacial score (nSPS) is 13.9. The quantitative estimate of drug-likeness (QED) is 0.310. The average molecular weight is 191 g/mol. The van der Waals surface area contributed by atoms with Gasteiger partial charge in [0.25, 0.3) is 0 Å². The van der Waals surface area contributed by atoms with Crippen molar-refractivity contribution in [2.75, 3.05) is 0 Å². The largest absolute Gasteiger partial charge is 0.279 e. The van der Waals surface area contributed by atoms with E-state index < -0.39 is 36.0 Å². The molecule has 1 aromatic carbocycles. The third kappa shape index (κ3) is 3.45. The second-order valence-electron chi connectivity index (χ2n) is 2.73. The SMILES string of the molecule is [2H]c1c([2H])c([2H])c(C(=O)C#CCCCC)c([2H])c1[2H]. The van der Waals surface area contributed by atoms with E-state index in [4.69, 9.17) is 6.85 Å². The van der Waals surface area contributed by atoms with Gasteiger partial charge in [-0.1, -0.05) is 49.5 Å². The smallest absolute Gasteiger partial charge is 0.235 e. The molecule has 0 fully saturated rings. The Kier molecular flexibility index (Phi) is 2.29. The Morgan fingerprint density at radius 3 is 2.79 bits per heavy atom. The zero-order valence-corrected chi connectivity index (χ0v) is 8.03. The maximum atomic E-state index is 11.8. The summed E-state index contributed by atoms with van der Waals surface area (Å²) >= 11 is 0. The fourth-order valence-electron chi connectivity index (χ4n) is 0.834. The number of benzene rings is 1. The lowest BCUT2D eigenvalue weighted by Gasteiger charge is -1.90. The van der Waals surface area contributed by atoms with Crippen molar-refractivity contribution in [1.29, 1.82) is 0 Å². The molecule has 0 unspecified atom stereocenters. The fourth-order valence-corrected chi connectivity index (χ4v) is 0.834. The summed E-state index contributed by atoms with van der Waals surface area (Å²) in [5.74, 6) is 4.26. The molecule has 1 rings (SSSR count). The van der Waals surface area contributed by atoms with Crippen molar-refractivity contribution >= 4 is 5.78 Å². The highest BCUT2D eigenvalue weighted by molar-refractivity contribution is 6.08. The molecule has 1 heteroatoms. The van der Waals surface area contributed by atoms with Gasteiger partial charge in [0.1, 0.15) is 0 Å². The van der Waals surface area contributed by atoms with Gasteiger partial charge in [0, 0.05) is 12.0 Å². The molecule has 14 heavy (non-hydrogen) atoms. The number of rotatable bonds is 3. The maximum Gasteiger partial charge on any atom is 0.235 e. The van der Waals surface area contributed by atoms with E-state index in [9.17, 15) is 4.79 Å². The van der Waals surface area contributed by atoms with Crippen LogP contribution < -0.4 is 0 Å². The van der Waals surface area contributed by atoms with Crippen molar-refractivity contribution in [3.8, 4) is 11.8 Å². The number of hydrogen-bond acceptors (Lipinski definition) is 1. The lowest BCUT2D eigenvalue weighted by Crippen LogP contribution is -1.93. The molecule has 0 aromatic heterocycles. The Morgan fingerprint density at radius 1 is 1.43 bits per heavy atom. The van der Waals surface area contributed by atoms with E-state index in [1.54, 1.807) is 0 Å². The van der Waals surface area contributed by atoms with Gasteiger partial charge in [0.05, 0.1) is 6.85 Å². The Hall–Kier alpha value is -1.55. The molecule has 0 saturated heterocycles. The van der Waals surface area contributed by atoms with Crippen molar-refractivity contribution in [3.63, 3.8) is 0 Å². The average Bonchev–Trinajstić information content (AvgIpc) is 2.39. The molecule has 72 valence electrons. The first-order valence-electron chi connectivity index (χ1n) is 7.01. The monoisotopic (exact) mass is 191 g/mol. The van der Waals surface area contributed by atoms with Gasteiger partial charge < -0.3 is 0 Å². The molecule has 0 saturated carbocycles. The third-order valence-corrected chi connectivity index (χ3v) is 1.58. The van der Waals surface area contributed by atoms with Gasteiger partial charge in [-0.15, -0.1) is 0 Å². The molecule has 0 atom stereocenters. The van der Waals surface area contributed by atoms with Gasteiger partial charge >= 0.3 is 0 Å². The zero-order chi connectivity index (χ0) is 14.6. The minimum absolute atomic E-state index is 0.352. The minimum Gasteiger partial charge on any atom is -0.279 e. The molecule has 0 heterocycles. The van der Waals surface area contributed by atoms with Crippen molar-refractivity contribution in [1.82, 2.24) is 0 Å². The van der Waals surface area contributed by atoms with Crippen LogP contribution in [0.4, 0.5) is 0 Å². The van der Waals surface area contributed by atoms with E-state index in [1.165, 1.54) is 0 Å². The second-order valence-corrected chi connectivity index (χ2v) is 2.73. The Balaban J connectivity index is 3.20. The lowest BCUT2D eigenvalue weighted by atomic mass is 10.1. The van der Waals surface area contributed by atoms with Crippen LogP contribution in [0.25, 0.3) is 0 Å². The molecule has 0 amide bonds. The molecule has 1 nitrogen and oxygen atoms in total. The summed E-state index contributed by atoms with van der Waals surface area (Å²) < 4.78 is 37.6. The third-order valence-electron chi connectivity index (χ3n) is 1.58. The lowest BCUT2D eigenvalue weighted by molar-refractivity contribution is 0.105. The van der Waals surface area contributed by atoms with E-state index >= 15 is 0 Å². The van der Waals surface area contributed by atoms with Crippen LogP contribution in [0.1, 0.15) is 43.4 Å². The van der Waals surface area contributed by atoms with Crippen LogP contribution in [0.3, 0.4) is 0 Å². The highest BCUT2D eigenvalue weighted by atomic mass is 16.1. The van der Waals surface area contributed by atoms with Crippen molar-refractivity contribution < 1.29 is 11.6 Å². The minimum atomic E-state index is -0.729. The highest BCUT2D eigenvalue weighted by Gasteiger charge is 1.98. The molecule has 0 aliphatic carbocycles. The summed E-state index contributed by atoms with van der Waals surface area (Å²) in [4.78, 5) is 11.8. The summed E-state index contributed by atoms with van der Waals surface area (Å²) in [5, 5.41) is 0. The van der Waals surface area contributed by atoms with E-state index in [-0.39, 0.29) is 5.56 Å². The number of hydrogen-bond donors (Lipinski definition) is 0. The Morgan fingerprint density at radius 2 is 2.14 bits per heavy atom. The summed E-state index contributed by atoms with van der Waals surface area (Å²) in [6.07, 6.45) is 2.37. The van der Waals surface area contributed by atoms with Gasteiger partial charge in [0.15, 0.2) is 0 Å². The van der Waals surface area contributed by atoms with Gasteiger partial charge in [-0.3, -0.25) is 4.79 Å². The first-order valence-corrected chi connectivity index (χ1v) is 4.51. The standard InChI is InChI=1S/C13H14O/c1-2-3-4-8-11-13(14)12-9-6-5-7-10-12/h5-7,9-10H,2-4H2,1H3/i5D,6D,7D,9D,10D. The summed E-state index contributed by atoms with van der Waals surface area (Å²) in [5.41, 5.74) is -0.352. The molecule has 1 aromatic rings. The topological polar surface area (TPSA) is 17.1 Å². The molecule has 0 radical (unpaired) electrons. The number of unbranched alkanes of at least 4 members (excludes halogenated alkanes) is 2. The van der Waals surface area contributed by atoms with Gasteiger partial charge in [0.2, 0.25) is 5.78 Å². The van der Waals surface area contributed by atoms with E-state index in [0.717, 1.165) is 12.8 Å². The second kappa shape index (κ2) is 5.99. The number of Topliss-reactive ketones (excluding diaryl/α,β-unsaturated/α-hetero) is 1. The van der Waals surface area contributed by atoms with Crippen LogP contribution in [-0.2, 0) is 0 Å². The summed E-state index contributed by atoms with van der Waals surface area (Å²) in [6, 6.07) is -2.54. The first-order chi connectivity index (χ1) is 8.91. The molecular formula is C13H14O. The molecule has 0 bridgehead atoms. The van der Waals surface area contributed by atoms with Crippen molar-refractivity contribution in [2.45, 2.75) is 26.2 Å². The predicted octanol–water partition coefficient (Wildman–Crippen LogP) is 3.06. The molecule has 0 spiro atoms. The van der Waals surface area contributed by atoms with Gasteiger partial charge in [-0.05, 0) is 12.3 Å². The number of carbonyl (C=O) groups is 1. The van der Waals surface area contributed by atoms with E-state index in [2.05, 4.69) is 11.8 Å². The number of ketones is 1. The van der Waals surface area contributed by atoms with Gasteiger partial charge in [-0.25, -0.2) is 0 Å². The zero-order valence-electron chi connectivity index (χ0n) is 13.0. The van der Waals surface area contributed by atoms with Crippen LogP contribution in [0.5, 0.6) is 0 Å². The van der Waals surface area contributed by atoms with Gasteiger partial charge in [-0.2, -0.15) is 0 Å². The first kappa shape index (κ1) is 5.36. The Bertz CT molecular complexity index is 540. The Labute approximate surface area is 92.2 Å². The van der Waals surface area contributed by atoms with Crippen LogP contribution >= 0.6 is 0 Å². The maximum absolute atomic E-state index is 11.8.